The Kier molecular flexibility index (Phi) is 6.74. The van der Waals surface area contributed by atoms with Gasteiger partial charge in [0, 0.05) is 30.3 Å². The lowest BCUT2D eigenvalue weighted by Gasteiger charge is -2.13. The lowest BCUT2D eigenvalue weighted by atomic mass is 10.1. The summed E-state index contributed by atoms with van der Waals surface area (Å²) in [6.07, 6.45) is 1.69. The number of carbonyl (C=O) groups is 1. The van der Waals surface area contributed by atoms with Crippen LogP contribution in [0.5, 0.6) is 11.5 Å². The van der Waals surface area contributed by atoms with Crippen LogP contribution in [-0.2, 0) is 16.1 Å². The molecule has 0 aliphatic carbocycles. The molecule has 1 heterocycles. The molecule has 29 heavy (non-hydrogen) atoms. The van der Waals surface area contributed by atoms with E-state index in [9.17, 15) is 9.59 Å². The van der Waals surface area contributed by atoms with Crippen molar-refractivity contribution in [3.63, 3.8) is 0 Å². The molecule has 1 amide bonds. The van der Waals surface area contributed by atoms with Gasteiger partial charge in [-0.25, -0.2) is 0 Å². The number of ether oxygens (including phenoxy) is 3. The molecule has 3 aromatic rings. The number of fused-ring (bicyclic) bond motifs is 1. The minimum Gasteiger partial charge on any atom is -0.495 e. The van der Waals surface area contributed by atoms with Crippen LogP contribution in [-0.4, -0.2) is 37.9 Å². The quantitative estimate of drug-likeness (QED) is 0.609. The number of methoxy groups -OCH3 is 2. The van der Waals surface area contributed by atoms with Gasteiger partial charge in [-0.1, -0.05) is 17.7 Å². The zero-order valence-electron chi connectivity index (χ0n) is 16.1. The Labute approximate surface area is 172 Å². The van der Waals surface area contributed by atoms with Crippen molar-refractivity contribution in [1.29, 1.82) is 0 Å². The molecule has 7 nitrogen and oxygen atoms in total. The molecule has 0 aliphatic heterocycles. The molecule has 0 spiro atoms. The molecule has 3 rings (SSSR count). The normalized spacial score (nSPS) is 10.7. The average molecular weight is 417 g/mol. The molecule has 1 aromatic heterocycles. The number of pyridine rings is 1. The predicted molar refractivity (Wildman–Crippen MR) is 112 cm³/mol. The van der Waals surface area contributed by atoms with E-state index in [4.69, 9.17) is 25.8 Å². The third-order valence-electron chi connectivity index (χ3n) is 4.31. The topological polar surface area (TPSA) is 78.8 Å². The molecule has 0 aliphatic rings. The second-order valence-electron chi connectivity index (χ2n) is 6.21. The van der Waals surface area contributed by atoms with Gasteiger partial charge in [-0.2, -0.15) is 0 Å². The van der Waals surface area contributed by atoms with E-state index in [1.807, 2.05) is 0 Å². The fraction of sp³-hybridized carbons (Fsp3) is 0.238. The number of aromatic nitrogens is 1. The second-order valence-corrected chi connectivity index (χ2v) is 6.64. The Balaban J connectivity index is 1.75. The number of halogens is 1. The molecular weight excluding hydrogens is 396 g/mol. The van der Waals surface area contributed by atoms with Crippen LogP contribution in [0, 0.1) is 0 Å². The maximum absolute atomic E-state index is 12.6. The summed E-state index contributed by atoms with van der Waals surface area (Å²) < 4.78 is 17.5. The van der Waals surface area contributed by atoms with Crippen LogP contribution < -0.4 is 20.3 Å². The Bertz CT molecular complexity index is 1080. The van der Waals surface area contributed by atoms with E-state index in [-0.39, 0.29) is 18.1 Å². The van der Waals surface area contributed by atoms with Gasteiger partial charge in [0.05, 0.1) is 24.8 Å². The van der Waals surface area contributed by atoms with Crippen molar-refractivity contribution in [2.45, 2.75) is 6.54 Å². The van der Waals surface area contributed by atoms with E-state index in [0.717, 1.165) is 0 Å². The summed E-state index contributed by atoms with van der Waals surface area (Å²) in [6.45, 7) is 0.663. The number of amides is 1. The number of hydrogen-bond acceptors (Lipinski definition) is 5. The monoisotopic (exact) mass is 416 g/mol. The molecule has 0 fully saturated rings. The van der Waals surface area contributed by atoms with Crippen molar-refractivity contribution in [3.05, 3.63) is 64.0 Å². The Morgan fingerprint density at radius 2 is 1.93 bits per heavy atom. The Morgan fingerprint density at radius 3 is 2.69 bits per heavy atom. The number of carbonyl (C=O) groups excluding carboxylic acids is 1. The zero-order valence-corrected chi connectivity index (χ0v) is 16.9. The van der Waals surface area contributed by atoms with Gasteiger partial charge in [0.1, 0.15) is 11.5 Å². The van der Waals surface area contributed by atoms with Crippen LogP contribution in [0.25, 0.3) is 10.8 Å². The summed E-state index contributed by atoms with van der Waals surface area (Å²) >= 11 is 5.98. The highest BCUT2D eigenvalue weighted by Crippen LogP contribution is 2.28. The van der Waals surface area contributed by atoms with E-state index in [1.54, 1.807) is 60.3 Å². The third-order valence-corrected chi connectivity index (χ3v) is 4.54. The van der Waals surface area contributed by atoms with Crippen molar-refractivity contribution in [2.75, 3.05) is 32.8 Å². The SMILES string of the molecule is COCCn1ccc2c(OCC(=O)Nc3cc(Cl)ccc3OC)cccc2c1=O. The molecule has 1 N–H and O–H groups in total. The predicted octanol–water partition coefficient (Wildman–Crippen LogP) is 3.33. The van der Waals surface area contributed by atoms with Gasteiger partial charge in [0.15, 0.2) is 6.61 Å². The third kappa shape index (κ3) is 4.88. The highest BCUT2D eigenvalue weighted by Gasteiger charge is 2.12. The Morgan fingerprint density at radius 1 is 1.10 bits per heavy atom. The van der Waals surface area contributed by atoms with E-state index in [0.29, 0.717) is 46.1 Å². The van der Waals surface area contributed by atoms with E-state index >= 15 is 0 Å². The minimum absolute atomic E-state index is 0.141. The Hall–Kier alpha value is -3.03. The zero-order chi connectivity index (χ0) is 20.8. The molecule has 0 saturated carbocycles. The van der Waals surface area contributed by atoms with Crippen LogP contribution in [0.1, 0.15) is 0 Å². The molecular formula is C21H21ClN2O5. The van der Waals surface area contributed by atoms with Crippen molar-refractivity contribution < 1.29 is 19.0 Å². The number of anilines is 1. The molecule has 152 valence electrons. The summed E-state index contributed by atoms with van der Waals surface area (Å²) in [7, 11) is 3.09. The van der Waals surface area contributed by atoms with Crippen molar-refractivity contribution in [3.8, 4) is 11.5 Å². The maximum Gasteiger partial charge on any atom is 0.262 e. The first-order chi connectivity index (χ1) is 14.0. The molecule has 0 saturated heterocycles. The van der Waals surface area contributed by atoms with Crippen molar-refractivity contribution >= 4 is 34.0 Å². The van der Waals surface area contributed by atoms with E-state index in [1.165, 1.54) is 7.11 Å². The fourth-order valence-corrected chi connectivity index (χ4v) is 3.06. The van der Waals surface area contributed by atoms with Crippen molar-refractivity contribution in [1.82, 2.24) is 4.57 Å². The highest BCUT2D eigenvalue weighted by atomic mass is 35.5. The first-order valence-corrected chi connectivity index (χ1v) is 9.28. The van der Waals surface area contributed by atoms with E-state index in [2.05, 4.69) is 5.32 Å². The lowest BCUT2D eigenvalue weighted by molar-refractivity contribution is -0.118. The number of rotatable bonds is 8. The van der Waals surface area contributed by atoms with Gasteiger partial charge in [-0.05, 0) is 36.4 Å². The smallest absolute Gasteiger partial charge is 0.262 e. The molecule has 0 radical (unpaired) electrons. The number of benzene rings is 2. The summed E-state index contributed by atoms with van der Waals surface area (Å²) in [6, 6.07) is 11.9. The summed E-state index contributed by atoms with van der Waals surface area (Å²) in [5.74, 6) is 0.562. The first-order valence-electron chi connectivity index (χ1n) is 8.90. The van der Waals surface area contributed by atoms with Gasteiger partial charge in [0.2, 0.25) is 0 Å². The van der Waals surface area contributed by atoms with Gasteiger partial charge >= 0.3 is 0 Å². The maximum atomic E-state index is 12.6. The molecule has 0 bridgehead atoms. The number of hydrogen-bond donors (Lipinski definition) is 1. The molecule has 8 heteroatoms. The largest absolute Gasteiger partial charge is 0.495 e. The van der Waals surface area contributed by atoms with Crippen molar-refractivity contribution in [2.24, 2.45) is 0 Å². The van der Waals surface area contributed by atoms with Gasteiger partial charge < -0.3 is 24.1 Å². The average Bonchev–Trinajstić information content (AvgIpc) is 2.72. The van der Waals surface area contributed by atoms with Crippen LogP contribution in [0.2, 0.25) is 5.02 Å². The summed E-state index contributed by atoms with van der Waals surface area (Å²) in [5, 5.41) is 4.33. The first kappa shape index (κ1) is 20.7. The molecule has 2 aromatic carbocycles. The van der Waals surface area contributed by atoms with Crippen LogP contribution >= 0.6 is 11.6 Å². The summed E-state index contributed by atoms with van der Waals surface area (Å²) in [5.41, 5.74) is 0.311. The lowest BCUT2D eigenvalue weighted by Crippen LogP contribution is -2.22. The fourth-order valence-electron chi connectivity index (χ4n) is 2.89. The summed E-state index contributed by atoms with van der Waals surface area (Å²) in [4.78, 5) is 24.9. The van der Waals surface area contributed by atoms with Gasteiger partial charge in [-0.15, -0.1) is 0 Å². The number of nitrogens with one attached hydrogen (secondary N) is 1. The molecule has 0 unspecified atom stereocenters. The van der Waals surface area contributed by atoms with Gasteiger partial charge in [-0.3, -0.25) is 9.59 Å². The van der Waals surface area contributed by atoms with Crippen LogP contribution in [0.4, 0.5) is 5.69 Å². The second kappa shape index (κ2) is 9.45. The van der Waals surface area contributed by atoms with Gasteiger partial charge in [0.25, 0.3) is 11.5 Å². The highest BCUT2D eigenvalue weighted by molar-refractivity contribution is 6.31. The van der Waals surface area contributed by atoms with E-state index < -0.39 is 0 Å². The van der Waals surface area contributed by atoms with Crippen LogP contribution in [0.15, 0.2) is 53.5 Å². The molecule has 0 atom stereocenters. The van der Waals surface area contributed by atoms with Crippen LogP contribution in [0.3, 0.4) is 0 Å². The number of nitrogens with zero attached hydrogens (tertiary/aromatic N) is 1. The minimum atomic E-state index is -0.379. The standard InChI is InChI=1S/C21H21ClN2O5/c1-27-11-10-24-9-8-15-16(21(24)26)4-3-5-18(15)29-13-20(25)23-17-12-14(22)6-7-19(17)28-2/h3-9,12H,10-11,13H2,1-2H3,(H,23,25).